The van der Waals surface area contributed by atoms with Gasteiger partial charge in [-0.05, 0) is 52.6 Å². The maximum atomic E-state index is 11.8. The Bertz CT molecular complexity index is 248. The molecule has 100 valence electrons. The molecule has 0 aromatic heterocycles. The summed E-state index contributed by atoms with van der Waals surface area (Å²) in [4.78, 5) is 13.6. The zero-order valence-electron chi connectivity index (χ0n) is 11.6. The number of hydrogen-bond acceptors (Lipinski definition) is 3. The third-order valence-electron chi connectivity index (χ3n) is 2.80. The van der Waals surface area contributed by atoms with Crippen molar-refractivity contribution in [1.82, 2.24) is 10.2 Å². The minimum absolute atomic E-state index is 0.171. The third-order valence-corrected chi connectivity index (χ3v) is 2.80. The number of rotatable bonds is 4. The Morgan fingerprint density at radius 1 is 1.47 bits per heavy atom. The van der Waals surface area contributed by atoms with E-state index in [1.54, 1.807) is 0 Å². The smallest absolute Gasteiger partial charge is 0.410 e. The van der Waals surface area contributed by atoms with Crippen LogP contribution in [0.3, 0.4) is 0 Å². The van der Waals surface area contributed by atoms with E-state index in [-0.39, 0.29) is 6.09 Å². The fourth-order valence-corrected chi connectivity index (χ4v) is 1.97. The van der Waals surface area contributed by atoms with Crippen molar-refractivity contribution in [3.8, 4) is 0 Å². The van der Waals surface area contributed by atoms with Gasteiger partial charge in [-0.2, -0.15) is 0 Å². The molecular weight excluding hydrogens is 216 g/mol. The normalized spacial score (nSPS) is 20.7. The molecule has 0 aromatic rings. The zero-order chi connectivity index (χ0) is 12.9. The van der Waals surface area contributed by atoms with Gasteiger partial charge in [-0.25, -0.2) is 4.79 Å². The van der Waals surface area contributed by atoms with Gasteiger partial charge in [0.15, 0.2) is 0 Å². The number of amides is 1. The predicted octanol–water partition coefficient (Wildman–Crippen LogP) is 2.24. The highest BCUT2D eigenvalue weighted by Gasteiger charge is 2.29. The molecule has 1 fully saturated rings. The summed E-state index contributed by atoms with van der Waals surface area (Å²) in [5.74, 6) is 0.578. The average Bonchev–Trinajstić information content (AvgIpc) is 2.64. The fraction of sp³-hybridized carbons (Fsp3) is 0.923. The molecular formula is C13H26N2O2. The summed E-state index contributed by atoms with van der Waals surface area (Å²) >= 11 is 0. The Morgan fingerprint density at radius 3 is 2.76 bits per heavy atom. The first-order chi connectivity index (χ1) is 7.92. The number of likely N-dealkylation sites (tertiary alicyclic amines) is 1. The minimum Gasteiger partial charge on any atom is -0.444 e. The quantitative estimate of drug-likeness (QED) is 0.769. The minimum atomic E-state index is -0.393. The molecule has 1 aliphatic rings. The molecule has 1 heterocycles. The standard InChI is InChI=1S/C13H26N2O2/c1-5-7-14-9-11-6-8-15(10-11)12(16)17-13(2,3)4/h11,14H,5-10H2,1-4H3. The van der Waals surface area contributed by atoms with Crippen LogP contribution in [0.2, 0.25) is 0 Å². The summed E-state index contributed by atoms with van der Waals surface area (Å²) in [6, 6.07) is 0. The van der Waals surface area contributed by atoms with E-state index in [4.69, 9.17) is 4.74 Å². The Hall–Kier alpha value is -0.770. The summed E-state index contributed by atoms with van der Waals surface area (Å²) in [7, 11) is 0. The van der Waals surface area contributed by atoms with Gasteiger partial charge < -0.3 is 15.0 Å². The lowest BCUT2D eigenvalue weighted by Crippen LogP contribution is -2.36. The van der Waals surface area contributed by atoms with Crippen molar-refractivity contribution in [2.45, 2.75) is 46.1 Å². The fourth-order valence-electron chi connectivity index (χ4n) is 1.97. The van der Waals surface area contributed by atoms with E-state index >= 15 is 0 Å². The molecule has 1 unspecified atom stereocenters. The van der Waals surface area contributed by atoms with Crippen molar-refractivity contribution < 1.29 is 9.53 Å². The topological polar surface area (TPSA) is 41.6 Å². The number of nitrogens with one attached hydrogen (secondary N) is 1. The van der Waals surface area contributed by atoms with Crippen LogP contribution in [0, 0.1) is 5.92 Å². The van der Waals surface area contributed by atoms with Crippen molar-refractivity contribution in [3.63, 3.8) is 0 Å². The van der Waals surface area contributed by atoms with Crippen LogP contribution in [-0.2, 0) is 4.74 Å². The molecule has 1 aliphatic heterocycles. The molecule has 0 saturated carbocycles. The first-order valence-electron chi connectivity index (χ1n) is 6.61. The van der Waals surface area contributed by atoms with Crippen LogP contribution in [0.25, 0.3) is 0 Å². The van der Waals surface area contributed by atoms with Crippen molar-refractivity contribution in [2.24, 2.45) is 5.92 Å². The van der Waals surface area contributed by atoms with Crippen molar-refractivity contribution in [2.75, 3.05) is 26.2 Å². The lowest BCUT2D eigenvalue weighted by atomic mass is 10.1. The number of carbonyl (C=O) groups excluding carboxylic acids is 1. The second kappa shape index (κ2) is 6.24. The molecule has 0 aromatic carbocycles. The van der Waals surface area contributed by atoms with Gasteiger partial charge >= 0.3 is 6.09 Å². The molecule has 0 radical (unpaired) electrons. The van der Waals surface area contributed by atoms with Gasteiger partial charge in [0.25, 0.3) is 0 Å². The maximum absolute atomic E-state index is 11.8. The molecule has 17 heavy (non-hydrogen) atoms. The Morgan fingerprint density at radius 2 is 2.18 bits per heavy atom. The lowest BCUT2D eigenvalue weighted by molar-refractivity contribution is 0.0288. The van der Waals surface area contributed by atoms with Crippen LogP contribution in [-0.4, -0.2) is 42.8 Å². The highest BCUT2D eigenvalue weighted by molar-refractivity contribution is 5.68. The van der Waals surface area contributed by atoms with Gasteiger partial charge in [-0.3, -0.25) is 0 Å². The van der Waals surface area contributed by atoms with E-state index in [2.05, 4.69) is 12.2 Å². The molecule has 1 N–H and O–H groups in total. The van der Waals surface area contributed by atoms with E-state index in [0.29, 0.717) is 5.92 Å². The summed E-state index contributed by atoms with van der Waals surface area (Å²) in [5, 5.41) is 3.41. The molecule has 1 amide bonds. The second-order valence-electron chi connectivity index (χ2n) is 5.79. The predicted molar refractivity (Wildman–Crippen MR) is 69.1 cm³/mol. The van der Waals surface area contributed by atoms with Crippen LogP contribution in [0.15, 0.2) is 0 Å². The number of hydrogen-bond donors (Lipinski definition) is 1. The lowest BCUT2D eigenvalue weighted by Gasteiger charge is -2.24. The van der Waals surface area contributed by atoms with Crippen molar-refractivity contribution in [1.29, 1.82) is 0 Å². The monoisotopic (exact) mass is 242 g/mol. The van der Waals surface area contributed by atoms with E-state index in [1.165, 1.54) is 0 Å². The Kier molecular flexibility index (Phi) is 5.25. The molecule has 1 saturated heterocycles. The van der Waals surface area contributed by atoms with Crippen LogP contribution < -0.4 is 5.32 Å². The highest BCUT2D eigenvalue weighted by atomic mass is 16.6. The molecule has 1 rings (SSSR count). The van der Waals surface area contributed by atoms with Gasteiger partial charge in [0.05, 0.1) is 0 Å². The second-order valence-corrected chi connectivity index (χ2v) is 5.79. The number of ether oxygens (including phenoxy) is 1. The van der Waals surface area contributed by atoms with Gasteiger partial charge in [0, 0.05) is 13.1 Å². The number of carbonyl (C=O) groups is 1. The van der Waals surface area contributed by atoms with E-state index in [9.17, 15) is 4.79 Å². The molecule has 0 aliphatic carbocycles. The zero-order valence-corrected chi connectivity index (χ0v) is 11.6. The first kappa shape index (κ1) is 14.3. The van der Waals surface area contributed by atoms with Crippen molar-refractivity contribution >= 4 is 6.09 Å². The van der Waals surface area contributed by atoms with Crippen LogP contribution >= 0.6 is 0 Å². The largest absolute Gasteiger partial charge is 0.444 e. The van der Waals surface area contributed by atoms with E-state index in [1.807, 2.05) is 25.7 Å². The third kappa shape index (κ3) is 5.39. The van der Waals surface area contributed by atoms with Gasteiger partial charge in [0.1, 0.15) is 5.60 Å². The van der Waals surface area contributed by atoms with Gasteiger partial charge in [-0.1, -0.05) is 6.92 Å². The van der Waals surface area contributed by atoms with Gasteiger partial charge in [-0.15, -0.1) is 0 Å². The van der Waals surface area contributed by atoms with Crippen LogP contribution in [0.5, 0.6) is 0 Å². The maximum Gasteiger partial charge on any atom is 0.410 e. The van der Waals surface area contributed by atoms with Gasteiger partial charge in [0.2, 0.25) is 0 Å². The molecule has 4 nitrogen and oxygen atoms in total. The summed E-state index contributed by atoms with van der Waals surface area (Å²) < 4.78 is 5.36. The summed E-state index contributed by atoms with van der Waals surface area (Å²) in [6.07, 6.45) is 2.06. The highest BCUT2D eigenvalue weighted by Crippen LogP contribution is 2.18. The Labute approximate surface area is 105 Å². The summed E-state index contributed by atoms with van der Waals surface area (Å²) in [5.41, 5.74) is -0.393. The average molecular weight is 242 g/mol. The van der Waals surface area contributed by atoms with Crippen LogP contribution in [0.1, 0.15) is 40.5 Å². The van der Waals surface area contributed by atoms with Crippen LogP contribution in [0.4, 0.5) is 4.79 Å². The molecule has 0 bridgehead atoms. The molecule has 4 heteroatoms. The first-order valence-corrected chi connectivity index (χ1v) is 6.61. The molecule has 1 atom stereocenters. The number of nitrogens with zero attached hydrogens (tertiary/aromatic N) is 1. The van der Waals surface area contributed by atoms with Crippen molar-refractivity contribution in [3.05, 3.63) is 0 Å². The SMILES string of the molecule is CCCNCC1CCN(C(=O)OC(C)(C)C)C1. The van der Waals surface area contributed by atoms with E-state index < -0.39 is 5.60 Å². The van der Waals surface area contributed by atoms with E-state index in [0.717, 1.165) is 39.0 Å². The molecule has 0 spiro atoms. The Balaban J connectivity index is 2.27. The summed E-state index contributed by atoms with van der Waals surface area (Å²) in [6.45, 7) is 11.6.